The predicted molar refractivity (Wildman–Crippen MR) is 58.9 cm³/mol. The summed E-state index contributed by atoms with van der Waals surface area (Å²) in [7, 11) is 2.11. The van der Waals surface area contributed by atoms with Gasteiger partial charge in [0, 0.05) is 18.9 Å². The van der Waals surface area contributed by atoms with E-state index in [1.165, 1.54) is 29.7 Å². The molecule has 1 nitrogen and oxygen atoms in total. The second-order valence-electron chi connectivity index (χ2n) is 3.20. The van der Waals surface area contributed by atoms with Gasteiger partial charge >= 0.3 is 0 Å². The fourth-order valence-corrected chi connectivity index (χ4v) is 1.71. The molecule has 2 rings (SSSR count). The van der Waals surface area contributed by atoms with Crippen LogP contribution in [0.15, 0.2) is 12.3 Å². The molecule has 1 aromatic rings. The van der Waals surface area contributed by atoms with Gasteiger partial charge in [0.2, 0.25) is 0 Å². The fraction of sp³-hybridized carbons (Fsp3) is 0.500. The van der Waals surface area contributed by atoms with E-state index in [0.717, 1.165) is 0 Å². The van der Waals surface area contributed by atoms with Gasteiger partial charge in [-0.25, -0.2) is 0 Å². The topological polar surface area (TPSA) is 4.93 Å². The summed E-state index contributed by atoms with van der Waals surface area (Å²) in [5.74, 6) is 0. The Morgan fingerprint density at radius 2 is 2.00 bits per heavy atom. The summed E-state index contributed by atoms with van der Waals surface area (Å²) in [5, 5.41) is 0. The lowest BCUT2D eigenvalue weighted by Crippen LogP contribution is -1.93. The highest BCUT2D eigenvalue weighted by Gasteiger charge is 2.09. The van der Waals surface area contributed by atoms with Crippen molar-refractivity contribution in [1.82, 2.24) is 4.57 Å². The van der Waals surface area contributed by atoms with E-state index in [-0.39, 0.29) is 0 Å². The van der Waals surface area contributed by atoms with Crippen molar-refractivity contribution in [1.29, 1.82) is 0 Å². The van der Waals surface area contributed by atoms with Gasteiger partial charge in [-0.2, -0.15) is 0 Å². The number of nitrogens with zero attached hydrogens (tertiary/aromatic N) is 1. The molecular weight excluding hydrogens is 158 g/mol. The summed E-state index contributed by atoms with van der Waals surface area (Å²) < 4.78 is 2.21. The molecule has 72 valence electrons. The average Bonchev–Trinajstić information content (AvgIpc) is 2.47. The molecule has 0 aliphatic heterocycles. The van der Waals surface area contributed by atoms with Crippen LogP contribution in [-0.4, -0.2) is 4.57 Å². The second kappa shape index (κ2) is 4.31. The number of allylic oxidation sites excluding steroid dienone is 1. The summed E-state index contributed by atoms with van der Waals surface area (Å²) in [5.41, 5.74) is 4.37. The molecule has 0 radical (unpaired) electrons. The number of hydrogen-bond donors (Lipinski definition) is 0. The Morgan fingerprint density at radius 1 is 1.31 bits per heavy atom. The van der Waals surface area contributed by atoms with Crippen molar-refractivity contribution in [3.05, 3.63) is 29.1 Å². The van der Waals surface area contributed by atoms with E-state index in [2.05, 4.69) is 36.9 Å². The number of fused-ring (bicyclic) bond motifs is 1. The SMILES string of the molecule is CC.Cc1c2c(cn1C)C=CCC2. The van der Waals surface area contributed by atoms with E-state index >= 15 is 0 Å². The van der Waals surface area contributed by atoms with Gasteiger partial charge in [0.15, 0.2) is 0 Å². The Bertz CT molecular complexity index is 305. The first-order valence-electron chi connectivity index (χ1n) is 5.10. The quantitative estimate of drug-likeness (QED) is 0.573. The molecular formula is C12H19N. The molecule has 0 atom stereocenters. The van der Waals surface area contributed by atoms with Crippen LogP contribution in [-0.2, 0) is 13.5 Å². The van der Waals surface area contributed by atoms with E-state index in [1.54, 1.807) is 0 Å². The van der Waals surface area contributed by atoms with Crippen molar-refractivity contribution in [2.45, 2.75) is 33.6 Å². The second-order valence-corrected chi connectivity index (χ2v) is 3.20. The van der Waals surface area contributed by atoms with Crippen LogP contribution < -0.4 is 0 Å². The van der Waals surface area contributed by atoms with Gasteiger partial charge in [0.25, 0.3) is 0 Å². The lowest BCUT2D eigenvalue weighted by Gasteiger charge is -2.04. The van der Waals surface area contributed by atoms with Crippen LogP contribution >= 0.6 is 0 Å². The van der Waals surface area contributed by atoms with Crippen LogP contribution in [0.2, 0.25) is 0 Å². The third kappa shape index (κ3) is 1.85. The number of aromatic nitrogens is 1. The summed E-state index contributed by atoms with van der Waals surface area (Å²) >= 11 is 0. The molecule has 1 heterocycles. The first-order valence-corrected chi connectivity index (χ1v) is 5.10. The molecule has 1 aromatic heterocycles. The van der Waals surface area contributed by atoms with Crippen molar-refractivity contribution in [3.8, 4) is 0 Å². The Morgan fingerprint density at radius 3 is 2.62 bits per heavy atom. The van der Waals surface area contributed by atoms with Crippen molar-refractivity contribution in [3.63, 3.8) is 0 Å². The first-order chi connectivity index (χ1) is 6.29. The highest BCUT2D eigenvalue weighted by Crippen LogP contribution is 2.23. The molecule has 13 heavy (non-hydrogen) atoms. The maximum absolute atomic E-state index is 2.25. The van der Waals surface area contributed by atoms with Gasteiger partial charge in [0.05, 0.1) is 0 Å². The minimum Gasteiger partial charge on any atom is -0.354 e. The van der Waals surface area contributed by atoms with E-state index < -0.39 is 0 Å². The Balaban J connectivity index is 0.000000396. The molecule has 1 heteroatoms. The van der Waals surface area contributed by atoms with Crippen molar-refractivity contribution < 1.29 is 0 Å². The van der Waals surface area contributed by atoms with Gasteiger partial charge < -0.3 is 4.57 Å². The minimum absolute atomic E-state index is 1.21. The third-order valence-electron chi connectivity index (χ3n) is 2.51. The largest absolute Gasteiger partial charge is 0.354 e. The predicted octanol–water partition coefficient (Wildman–Crippen LogP) is 3.32. The van der Waals surface area contributed by atoms with Crippen molar-refractivity contribution >= 4 is 6.08 Å². The molecule has 0 unspecified atom stereocenters. The molecule has 0 saturated heterocycles. The van der Waals surface area contributed by atoms with E-state index in [0.29, 0.717) is 0 Å². The van der Waals surface area contributed by atoms with Gasteiger partial charge in [-0.3, -0.25) is 0 Å². The summed E-state index contributed by atoms with van der Waals surface area (Å²) in [4.78, 5) is 0. The van der Waals surface area contributed by atoms with Crippen LogP contribution in [0.25, 0.3) is 6.08 Å². The Kier molecular flexibility index (Phi) is 3.35. The average molecular weight is 177 g/mol. The van der Waals surface area contributed by atoms with E-state index in [9.17, 15) is 0 Å². The van der Waals surface area contributed by atoms with Gasteiger partial charge in [-0.1, -0.05) is 26.0 Å². The highest BCUT2D eigenvalue weighted by molar-refractivity contribution is 5.57. The molecule has 0 fully saturated rings. The zero-order valence-corrected chi connectivity index (χ0v) is 9.09. The van der Waals surface area contributed by atoms with E-state index in [1.807, 2.05) is 13.8 Å². The number of hydrogen-bond acceptors (Lipinski definition) is 0. The summed E-state index contributed by atoms with van der Waals surface area (Å²) in [6, 6.07) is 0. The van der Waals surface area contributed by atoms with Gasteiger partial charge in [0.1, 0.15) is 0 Å². The maximum atomic E-state index is 2.25. The molecule has 0 N–H and O–H groups in total. The van der Waals surface area contributed by atoms with Crippen LogP contribution in [0, 0.1) is 6.92 Å². The maximum Gasteiger partial charge on any atom is 0.0179 e. The summed E-state index contributed by atoms with van der Waals surface area (Å²) in [6.07, 6.45) is 9.12. The highest BCUT2D eigenvalue weighted by atomic mass is 14.9. The van der Waals surface area contributed by atoms with Crippen molar-refractivity contribution in [2.75, 3.05) is 0 Å². The normalized spacial score (nSPS) is 13.2. The summed E-state index contributed by atoms with van der Waals surface area (Å²) in [6.45, 7) is 6.19. The van der Waals surface area contributed by atoms with Gasteiger partial charge in [-0.15, -0.1) is 0 Å². The molecule has 1 aliphatic carbocycles. The van der Waals surface area contributed by atoms with Crippen LogP contribution in [0.1, 0.15) is 37.1 Å². The Labute approximate surface area is 81.1 Å². The fourth-order valence-electron chi connectivity index (χ4n) is 1.71. The monoisotopic (exact) mass is 177 g/mol. The van der Waals surface area contributed by atoms with Gasteiger partial charge in [-0.05, 0) is 30.9 Å². The molecule has 0 saturated carbocycles. The lowest BCUT2D eigenvalue weighted by molar-refractivity contribution is 0.862. The lowest BCUT2D eigenvalue weighted by atomic mass is 10.0. The van der Waals surface area contributed by atoms with Crippen LogP contribution in [0.4, 0.5) is 0 Å². The molecule has 1 aliphatic rings. The number of rotatable bonds is 0. The smallest absolute Gasteiger partial charge is 0.0179 e. The number of aryl methyl sites for hydroxylation is 1. The van der Waals surface area contributed by atoms with E-state index in [4.69, 9.17) is 0 Å². The first kappa shape index (κ1) is 10.1. The van der Waals surface area contributed by atoms with Crippen LogP contribution in [0.3, 0.4) is 0 Å². The van der Waals surface area contributed by atoms with Crippen molar-refractivity contribution in [2.24, 2.45) is 7.05 Å². The molecule has 0 aromatic carbocycles. The van der Waals surface area contributed by atoms with Crippen LogP contribution in [0.5, 0.6) is 0 Å². The molecule has 0 spiro atoms. The molecule has 0 bridgehead atoms. The standard InChI is InChI=1S/C10H13N.C2H6/c1-8-10-6-4-3-5-9(10)7-11(8)2;1-2/h3,5,7H,4,6H2,1-2H3;1-2H3. The Hall–Kier alpha value is -0.980. The zero-order chi connectivity index (χ0) is 9.84. The minimum atomic E-state index is 1.21. The third-order valence-corrected chi connectivity index (χ3v) is 2.51. The molecule has 0 amide bonds. The zero-order valence-electron chi connectivity index (χ0n) is 9.09.